The van der Waals surface area contributed by atoms with Gasteiger partial charge in [-0.2, -0.15) is 4.31 Å². The minimum absolute atomic E-state index is 0.0342. The minimum atomic E-state index is -3.56. The molecular weight excluding hydrogens is 454 g/mol. The number of piperidine rings is 1. The maximum atomic E-state index is 12.9. The Morgan fingerprint density at radius 2 is 1.82 bits per heavy atom. The number of rotatable bonds is 9. The lowest BCUT2D eigenvalue weighted by Crippen LogP contribution is -2.44. The second-order valence-electron chi connectivity index (χ2n) is 9.15. The zero-order valence-corrected chi connectivity index (χ0v) is 21.7. The zero-order chi connectivity index (χ0) is 25.0. The summed E-state index contributed by atoms with van der Waals surface area (Å²) < 4.78 is 29.0. The second kappa shape index (κ2) is 10.9. The molecule has 9 nitrogen and oxygen atoms in total. The molecule has 1 N–H and O–H groups in total. The van der Waals surface area contributed by atoms with Crippen LogP contribution in [0, 0.1) is 5.92 Å². The number of hydrogen-bond acceptors (Lipinski definition) is 5. The maximum absolute atomic E-state index is 12.9. The standard InChI is InChI=1S/C24H37N5O4S/c1-6-29(7-2)34(32,33)19-8-9-21-20(16-19)26-22(27(21)5)10-11-23(30)28-14-12-18(13-15-28)24(31)25-17(3)4/h8-9,16-18H,6-7,10-15H2,1-5H3,(H,25,31). The Morgan fingerprint density at radius 3 is 2.41 bits per heavy atom. The first-order chi connectivity index (χ1) is 16.1. The molecule has 1 aromatic carbocycles. The Balaban J connectivity index is 1.64. The van der Waals surface area contributed by atoms with Crippen molar-refractivity contribution in [1.29, 1.82) is 0 Å². The second-order valence-corrected chi connectivity index (χ2v) is 11.1. The van der Waals surface area contributed by atoms with Gasteiger partial charge in [-0.1, -0.05) is 13.8 Å². The molecule has 0 saturated carbocycles. The summed E-state index contributed by atoms with van der Waals surface area (Å²) in [6.45, 7) is 9.52. The smallest absolute Gasteiger partial charge is 0.243 e. The number of aryl methyl sites for hydroxylation is 2. The molecule has 10 heteroatoms. The first-order valence-corrected chi connectivity index (χ1v) is 13.6. The molecule has 1 aliphatic rings. The SMILES string of the molecule is CCN(CC)S(=O)(=O)c1ccc2c(c1)nc(CCC(=O)N1CCC(C(=O)NC(C)C)CC1)n2C. The third-order valence-corrected chi connectivity index (χ3v) is 8.55. The fraction of sp³-hybridized carbons (Fsp3) is 0.625. The van der Waals surface area contributed by atoms with E-state index in [1.54, 1.807) is 18.2 Å². The number of carbonyl (C=O) groups is 2. The average molecular weight is 492 g/mol. The van der Waals surface area contributed by atoms with Gasteiger partial charge >= 0.3 is 0 Å². The van der Waals surface area contributed by atoms with Crippen LogP contribution in [0.25, 0.3) is 11.0 Å². The Hall–Kier alpha value is -2.46. The molecule has 188 valence electrons. The number of sulfonamides is 1. The van der Waals surface area contributed by atoms with Gasteiger partial charge in [-0.15, -0.1) is 0 Å². The lowest BCUT2D eigenvalue weighted by atomic mass is 9.95. The van der Waals surface area contributed by atoms with Crippen LogP contribution in [0.2, 0.25) is 0 Å². The van der Waals surface area contributed by atoms with E-state index in [9.17, 15) is 18.0 Å². The number of hydrogen-bond donors (Lipinski definition) is 1. The van der Waals surface area contributed by atoms with Gasteiger partial charge in [0.2, 0.25) is 21.8 Å². The molecule has 0 atom stereocenters. The summed E-state index contributed by atoms with van der Waals surface area (Å²) in [4.78, 5) is 31.7. The summed E-state index contributed by atoms with van der Waals surface area (Å²) in [6.07, 6.45) is 2.15. The molecule has 2 heterocycles. The van der Waals surface area contributed by atoms with Gasteiger partial charge in [0.25, 0.3) is 0 Å². The van der Waals surface area contributed by atoms with E-state index in [0.29, 0.717) is 57.4 Å². The molecule has 34 heavy (non-hydrogen) atoms. The van der Waals surface area contributed by atoms with Crippen LogP contribution in [0.5, 0.6) is 0 Å². The van der Waals surface area contributed by atoms with Crippen LogP contribution in [0.15, 0.2) is 23.1 Å². The lowest BCUT2D eigenvalue weighted by Gasteiger charge is -2.31. The lowest BCUT2D eigenvalue weighted by molar-refractivity contribution is -0.135. The topological polar surface area (TPSA) is 105 Å². The Bertz CT molecular complexity index is 1130. The van der Waals surface area contributed by atoms with Gasteiger partial charge in [0.05, 0.1) is 15.9 Å². The van der Waals surface area contributed by atoms with Gasteiger partial charge in [-0.3, -0.25) is 9.59 Å². The number of nitrogens with one attached hydrogen (secondary N) is 1. The van der Waals surface area contributed by atoms with Gasteiger partial charge in [0.1, 0.15) is 5.82 Å². The highest BCUT2D eigenvalue weighted by atomic mass is 32.2. The number of imidazole rings is 1. The number of nitrogens with zero attached hydrogens (tertiary/aromatic N) is 4. The highest BCUT2D eigenvalue weighted by Crippen LogP contribution is 2.23. The van der Waals surface area contributed by atoms with Crippen LogP contribution in [0.3, 0.4) is 0 Å². The van der Waals surface area contributed by atoms with Crippen LogP contribution >= 0.6 is 0 Å². The van der Waals surface area contributed by atoms with E-state index >= 15 is 0 Å². The van der Waals surface area contributed by atoms with Crippen molar-refractivity contribution in [2.45, 2.75) is 64.3 Å². The molecule has 3 rings (SSSR count). The van der Waals surface area contributed by atoms with Crippen molar-refractivity contribution in [3.05, 3.63) is 24.0 Å². The first-order valence-electron chi connectivity index (χ1n) is 12.1. The number of likely N-dealkylation sites (tertiary alicyclic amines) is 1. The van der Waals surface area contributed by atoms with Crippen molar-refractivity contribution < 1.29 is 18.0 Å². The Labute approximate surface area is 202 Å². The quantitative estimate of drug-likeness (QED) is 0.580. The summed E-state index contributed by atoms with van der Waals surface area (Å²) in [5.74, 6) is 0.837. The molecule has 1 saturated heterocycles. The molecule has 2 aromatic rings. The Kier molecular flexibility index (Phi) is 8.35. The molecule has 0 radical (unpaired) electrons. The van der Waals surface area contributed by atoms with E-state index in [2.05, 4.69) is 10.3 Å². The summed E-state index contributed by atoms with van der Waals surface area (Å²) in [7, 11) is -1.68. The molecular formula is C24H37N5O4S. The van der Waals surface area contributed by atoms with E-state index in [0.717, 1.165) is 11.3 Å². The molecule has 0 unspecified atom stereocenters. The zero-order valence-electron chi connectivity index (χ0n) is 20.9. The number of benzene rings is 1. The van der Waals surface area contributed by atoms with Gasteiger partial charge < -0.3 is 14.8 Å². The van der Waals surface area contributed by atoms with Crippen molar-refractivity contribution in [3.63, 3.8) is 0 Å². The molecule has 2 amide bonds. The van der Waals surface area contributed by atoms with E-state index in [1.807, 2.05) is 44.2 Å². The van der Waals surface area contributed by atoms with Crippen molar-refractivity contribution in [3.8, 4) is 0 Å². The van der Waals surface area contributed by atoms with Crippen molar-refractivity contribution in [2.24, 2.45) is 13.0 Å². The monoisotopic (exact) mass is 491 g/mol. The van der Waals surface area contributed by atoms with Crippen LogP contribution in [0.1, 0.15) is 52.8 Å². The molecule has 1 fully saturated rings. The van der Waals surface area contributed by atoms with Gasteiger partial charge in [0, 0.05) is 58.0 Å². The Morgan fingerprint density at radius 1 is 1.18 bits per heavy atom. The van der Waals surface area contributed by atoms with Crippen LogP contribution in [-0.2, 0) is 33.1 Å². The molecule has 1 aromatic heterocycles. The summed E-state index contributed by atoms with van der Waals surface area (Å²) in [5.41, 5.74) is 1.44. The minimum Gasteiger partial charge on any atom is -0.354 e. The number of aromatic nitrogens is 2. The number of carbonyl (C=O) groups excluding carboxylic acids is 2. The van der Waals surface area contributed by atoms with E-state index < -0.39 is 10.0 Å². The summed E-state index contributed by atoms with van der Waals surface area (Å²) >= 11 is 0. The fourth-order valence-electron chi connectivity index (χ4n) is 4.50. The van der Waals surface area contributed by atoms with Crippen molar-refractivity contribution in [1.82, 2.24) is 24.1 Å². The van der Waals surface area contributed by atoms with Crippen molar-refractivity contribution in [2.75, 3.05) is 26.2 Å². The fourth-order valence-corrected chi connectivity index (χ4v) is 5.98. The van der Waals surface area contributed by atoms with E-state index in [1.165, 1.54) is 4.31 Å². The predicted octanol–water partition coefficient (Wildman–Crippen LogP) is 2.30. The van der Waals surface area contributed by atoms with Gasteiger partial charge in [-0.25, -0.2) is 13.4 Å². The molecule has 0 spiro atoms. The molecule has 0 aliphatic carbocycles. The van der Waals surface area contributed by atoms with Crippen LogP contribution in [0.4, 0.5) is 0 Å². The first kappa shape index (κ1) is 26.2. The highest BCUT2D eigenvalue weighted by Gasteiger charge is 2.28. The third kappa shape index (κ3) is 5.60. The summed E-state index contributed by atoms with van der Waals surface area (Å²) in [6, 6.07) is 5.12. The third-order valence-electron chi connectivity index (χ3n) is 6.50. The highest BCUT2D eigenvalue weighted by molar-refractivity contribution is 7.89. The largest absolute Gasteiger partial charge is 0.354 e. The van der Waals surface area contributed by atoms with E-state index in [-0.39, 0.29) is 28.7 Å². The normalized spacial score (nSPS) is 15.4. The average Bonchev–Trinajstić information content (AvgIpc) is 3.12. The maximum Gasteiger partial charge on any atom is 0.243 e. The van der Waals surface area contributed by atoms with Crippen LogP contribution < -0.4 is 5.32 Å². The number of amides is 2. The number of fused-ring (bicyclic) bond motifs is 1. The van der Waals surface area contributed by atoms with E-state index in [4.69, 9.17) is 0 Å². The van der Waals surface area contributed by atoms with Crippen molar-refractivity contribution >= 4 is 32.9 Å². The van der Waals surface area contributed by atoms with Crippen LogP contribution in [-0.4, -0.2) is 71.2 Å². The summed E-state index contributed by atoms with van der Waals surface area (Å²) in [5, 5.41) is 2.95. The molecule has 0 bridgehead atoms. The molecule has 1 aliphatic heterocycles. The van der Waals surface area contributed by atoms with Gasteiger partial charge in [0.15, 0.2) is 0 Å². The predicted molar refractivity (Wildman–Crippen MR) is 132 cm³/mol. The van der Waals surface area contributed by atoms with Gasteiger partial charge in [-0.05, 0) is 44.9 Å².